The average Bonchev–Trinajstić information content (AvgIpc) is 2.12. The first kappa shape index (κ1) is 25.8. The van der Waals surface area contributed by atoms with Crippen molar-refractivity contribution in [3.05, 3.63) is 0 Å². The summed E-state index contributed by atoms with van der Waals surface area (Å²) in [6.07, 6.45) is -3.21. The van der Waals surface area contributed by atoms with Gasteiger partial charge in [-0.1, -0.05) is 0 Å². The van der Waals surface area contributed by atoms with Gasteiger partial charge in [0.25, 0.3) is 0 Å². The number of carbonyl (C=O) groups is 4. The van der Waals surface area contributed by atoms with Crippen LogP contribution in [0.25, 0.3) is 0 Å². The van der Waals surface area contributed by atoms with E-state index in [1.165, 1.54) is 0 Å². The Balaban J connectivity index is -0.00000162. The standard InChI is InChI=1S/C10H15NO8.2Na.2H/c11-5(1-6(12)13)10(2-7(14)15,3-8(16)17)4-9(18)19;;;;/h5H,1-4,11H2,(H,12,13)(H,14,15)(H,16,17)(H,18,19);;;;. The molecular formula is C10H17NNa2O8. The fourth-order valence-electron chi connectivity index (χ4n) is 1.89. The third-order valence-electron chi connectivity index (χ3n) is 2.69. The van der Waals surface area contributed by atoms with E-state index in [4.69, 9.17) is 26.2 Å². The number of hydrogen-bond acceptors (Lipinski definition) is 5. The normalized spacial score (nSPS) is 11.5. The van der Waals surface area contributed by atoms with Crippen molar-refractivity contribution in [2.24, 2.45) is 11.1 Å². The van der Waals surface area contributed by atoms with Crippen LogP contribution in [0.15, 0.2) is 0 Å². The molecule has 11 heteroatoms. The second-order valence-electron chi connectivity index (χ2n) is 4.28. The summed E-state index contributed by atoms with van der Waals surface area (Å²) in [4.78, 5) is 42.9. The summed E-state index contributed by atoms with van der Waals surface area (Å²) in [5, 5.41) is 34.9. The van der Waals surface area contributed by atoms with Gasteiger partial charge in [0.1, 0.15) is 0 Å². The molecule has 0 radical (unpaired) electrons. The Hall–Kier alpha value is -0.160. The Morgan fingerprint density at radius 1 is 0.762 bits per heavy atom. The summed E-state index contributed by atoms with van der Waals surface area (Å²) in [5.74, 6) is -5.69. The third kappa shape index (κ3) is 10.2. The molecule has 0 amide bonds. The van der Waals surface area contributed by atoms with Gasteiger partial charge in [-0.25, -0.2) is 0 Å². The molecule has 1 unspecified atom stereocenters. The molecule has 0 fully saturated rings. The topological polar surface area (TPSA) is 175 Å². The molecule has 112 valence electrons. The quantitative estimate of drug-likeness (QED) is 0.297. The van der Waals surface area contributed by atoms with Crippen LogP contribution in [0, 0.1) is 5.41 Å². The molecule has 0 heterocycles. The Labute approximate surface area is 164 Å². The molecule has 0 aliphatic rings. The van der Waals surface area contributed by atoms with Crippen LogP contribution < -0.4 is 5.73 Å². The van der Waals surface area contributed by atoms with Gasteiger partial charge >= 0.3 is 83.0 Å². The van der Waals surface area contributed by atoms with Crippen LogP contribution in [0.1, 0.15) is 25.7 Å². The molecule has 0 aromatic heterocycles. The zero-order chi connectivity index (χ0) is 15.2. The summed E-state index contributed by atoms with van der Waals surface area (Å²) in [6, 6.07) is -1.40. The maximum atomic E-state index is 10.8. The molecule has 0 bridgehead atoms. The maximum absolute atomic E-state index is 10.8. The van der Waals surface area contributed by atoms with Gasteiger partial charge in [0, 0.05) is 11.5 Å². The summed E-state index contributed by atoms with van der Waals surface area (Å²) in [5.41, 5.74) is 3.68. The number of carboxylic acid groups (broad SMARTS) is 4. The van der Waals surface area contributed by atoms with Crippen molar-refractivity contribution in [1.82, 2.24) is 0 Å². The summed E-state index contributed by atoms with van der Waals surface area (Å²) >= 11 is 0. The molecule has 0 spiro atoms. The van der Waals surface area contributed by atoms with Crippen molar-refractivity contribution in [1.29, 1.82) is 0 Å². The second-order valence-corrected chi connectivity index (χ2v) is 4.28. The van der Waals surface area contributed by atoms with Gasteiger partial charge in [0.15, 0.2) is 0 Å². The van der Waals surface area contributed by atoms with Gasteiger partial charge in [-0.05, 0) is 0 Å². The SMILES string of the molecule is NC(CC(=O)O)C(CC(=O)O)(CC(=O)O)CC(=O)O.[NaH].[NaH]. The first-order valence-electron chi connectivity index (χ1n) is 5.22. The van der Waals surface area contributed by atoms with E-state index in [-0.39, 0.29) is 59.1 Å². The number of aliphatic carboxylic acids is 4. The van der Waals surface area contributed by atoms with E-state index in [1.807, 2.05) is 0 Å². The second kappa shape index (κ2) is 11.4. The summed E-state index contributed by atoms with van der Waals surface area (Å²) in [6.45, 7) is 0. The van der Waals surface area contributed by atoms with Crippen molar-refractivity contribution >= 4 is 83.0 Å². The first-order valence-corrected chi connectivity index (χ1v) is 5.22. The van der Waals surface area contributed by atoms with Crippen molar-refractivity contribution < 1.29 is 39.6 Å². The van der Waals surface area contributed by atoms with Crippen molar-refractivity contribution in [3.8, 4) is 0 Å². The van der Waals surface area contributed by atoms with E-state index in [0.29, 0.717) is 0 Å². The molecule has 6 N–H and O–H groups in total. The average molecular weight is 325 g/mol. The Kier molecular flexibility index (Phi) is 14.0. The van der Waals surface area contributed by atoms with E-state index in [2.05, 4.69) is 0 Å². The van der Waals surface area contributed by atoms with Crippen LogP contribution in [0.5, 0.6) is 0 Å². The fraction of sp³-hybridized carbons (Fsp3) is 0.600. The van der Waals surface area contributed by atoms with Gasteiger partial charge < -0.3 is 26.2 Å². The van der Waals surface area contributed by atoms with Gasteiger partial charge in [0.2, 0.25) is 0 Å². The van der Waals surface area contributed by atoms with E-state index < -0.39 is 61.0 Å². The van der Waals surface area contributed by atoms with Gasteiger partial charge in [0.05, 0.1) is 25.7 Å². The molecule has 0 saturated carbocycles. The van der Waals surface area contributed by atoms with E-state index >= 15 is 0 Å². The predicted molar refractivity (Wildman–Crippen MR) is 73.7 cm³/mol. The van der Waals surface area contributed by atoms with Crippen LogP contribution in [-0.4, -0.2) is 109 Å². The van der Waals surface area contributed by atoms with Crippen molar-refractivity contribution in [2.75, 3.05) is 0 Å². The number of hydrogen-bond donors (Lipinski definition) is 5. The number of nitrogens with two attached hydrogens (primary N) is 1. The zero-order valence-electron chi connectivity index (χ0n) is 9.90. The zero-order valence-corrected chi connectivity index (χ0v) is 9.90. The molecule has 0 aliphatic carbocycles. The Morgan fingerprint density at radius 2 is 1.05 bits per heavy atom. The van der Waals surface area contributed by atoms with E-state index in [1.54, 1.807) is 0 Å². The minimum absolute atomic E-state index is 0. The molecule has 1 atom stereocenters. The van der Waals surface area contributed by atoms with E-state index in [9.17, 15) is 19.2 Å². The van der Waals surface area contributed by atoms with Crippen molar-refractivity contribution in [2.45, 2.75) is 31.7 Å². The monoisotopic (exact) mass is 325 g/mol. The predicted octanol–water partition coefficient (Wildman–Crippen LogP) is -2.10. The Morgan fingerprint density at radius 3 is 1.24 bits per heavy atom. The molecule has 0 aromatic carbocycles. The molecular weight excluding hydrogens is 308 g/mol. The number of carboxylic acids is 4. The Bertz CT molecular complexity index is 360. The van der Waals surface area contributed by atoms with Crippen LogP contribution in [0.2, 0.25) is 0 Å². The molecule has 0 aromatic rings. The summed E-state index contributed by atoms with van der Waals surface area (Å²) in [7, 11) is 0. The minimum atomic E-state index is -1.85. The van der Waals surface area contributed by atoms with Gasteiger partial charge in [-0.2, -0.15) is 0 Å². The van der Waals surface area contributed by atoms with Gasteiger partial charge in [-0.3, -0.25) is 19.2 Å². The van der Waals surface area contributed by atoms with Crippen LogP contribution in [-0.2, 0) is 19.2 Å². The number of rotatable bonds is 9. The molecule has 0 aliphatic heterocycles. The first-order chi connectivity index (χ1) is 8.59. The van der Waals surface area contributed by atoms with Gasteiger partial charge in [-0.15, -0.1) is 0 Å². The van der Waals surface area contributed by atoms with Crippen LogP contribution in [0.3, 0.4) is 0 Å². The fourth-order valence-corrected chi connectivity index (χ4v) is 1.89. The molecule has 0 rings (SSSR count). The van der Waals surface area contributed by atoms with E-state index in [0.717, 1.165) is 0 Å². The van der Waals surface area contributed by atoms with Crippen LogP contribution >= 0.6 is 0 Å². The van der Waals surface area contributed by atoms with Crippen LogP contribution in [0.4, 0.5) is 0 Å². The van der Waals surface area contributed by atoms with Crippen molar-refractivity contribution in [3.63, 3.8) is 0 Å². The third-order valence-corrected chi connectivity index (χ3v) is 2.69. The summed E-state index contributed by atoms with van der Waals surface area (Å²) < 4.78 is 0. The molecule has 21 heavy (non-hydrogen) atoms. The molecule has 0 saturated heterocycles. The molecule has 9 nitrogen and oxygen atoms in total.